The number of carbonyl (C=O) groups excluding carboxylic acids is 1. The number of para-hydroxylation sites is 1. The molecule has 2 N–H and O–H groups in total. The molecule has 0 heterocycles. The number of aryl methyl sites for hydroxylation is 1. The summed E-state index contributed by atoms with van der Waals surface area (Å²) < 4.78 is 0. The molecule has 0 fully saturated rings. The summed E-state index contributed by atoms with van der Waals surface area (Å²) in [7, 11) is 0. The molecule has 1 aromatic carbocycles. The Balaban J connectivity index is 2.89. The predicted molar refractivity (Wildman–Crippen MR) is 80.0 cm³/mol. The molecular weight excluding hydrogens is 254 g/mol. The van der Waals surface area contributed by atoms with Crippen LogP contribution in [0.25, 0.3) is 0 Å². The molecule has 0 radical (unpaired) electrons. The van der Waals surface area contributed by atoms with E-state index in [2.05, 4.69) is 26.1 Å². The van der Waals surface area contributed by atoms with Gasteiger partial charge in [-0.3, -0.25) is 4.79 Å². The molecule has 0 aromatic heterocycles. The number of amides is 1. The van der Waals surface area contributed by atoms with Crippen molar-refractivity contribution >= 4 is 17.6 Å². The Morgan fingerprint density at radius 1 is 1.30 bits per heavy atom. The van der Waals surface area contributed by atoms with Gasteiger partial charge in [-0.2, -0.15) is 0 Å². The number of aromatic carboxylic acids is 1. The van der Waals surface area contributed by atoms with Gasteiger partial charge in [0.25, 0.3) is 0 Å². The second-order valence-corrected chi connectivity index (χ2v) is 6.32. The SMILES string of the molecule is Cc1cccc(C(=O)O)c1NC(=O)CC(C)C(C)(C)C. The van der Waals surface area contributed by atoms with Gasteiger partial charge in [0.05, 0.1) is 11.3 Å². The summed E-state index contributed by atoms with van der Waals surface area (Å²) in [6.07, 6.45) is 0.372. The molecule has 0 aliphatic rings. The van der Waals surface area contributed by atoms with E-state index in [1.165, 1.54) is 6.07 Å². The molecule has 1 atom stereocenters. The maximum atomic E-state index is 12.1. The van der Waals surface area contributed by atoms with Crippen LogP contribution in [0.15, 0.2) is 18.2 Å². The van der Waals surface area contributed by atoms with Crippen molar-refractivity contribution in [3.63, 3.8) is 0 Å². The van der Waals surface area contributed by atoms with Gasteiger partial charge in [-0.1, -0.05) is 39.8 Å². The molecule has 0 aliphatic carbocycles. The molecule has 0 saturated heterocycles. The molecule has 0 saturated carbocycles. The number of carboxylic acid groups (broad SMARTS) is 1. The van der Waals surface area contributed by atoms with E-state index >= 15 is 0 Å². The number of hydrogen-bond donors (Lipinski definition) is 2. The van der Waals surface area contributed by atoms with Crippen LogP contribution in [0, 0.1) is 18.3 Å². The van der Waals surface area contributed by atoms with Crippen LogP contribution in [-0.4, -0.2) is 17.0 Å². The minimum absolute atomic E-state index is 0.0404. The third kappa shape index (κ3) is 4.08. The van der Waals surface area contributed by atoms with Gasteiger partial charge in [0.15, 0.2) is 0 Å². The first-order chi connectivity index (χ1) is 9.12. The monoisotopic (exact) mass is 277 g/mol. The van der Waals surface area contributed by atoms with Gasteiger partial charge >= 0.3 is 5.97 Å². The van der Waals surface area contributed by atoms with Crippen LogP contribution in [0.2, 0.25) is 0 Å². The molecule has 1 rings (SSSR count). The number of anilines is 1. The number of rotatable bonds is 4. The van der Waals surface area contributed by atoms with E-state index in [9.17, 15) is 9.59 Å². The lowest BCUT2D eigenvalue weighted by Crippen LogP contribution is -2.24. The summed E-state index contributed by atoms with van der Waals surface area (Å²) >= 11 is 0. The number of carboxylic acids is 1. The molecule has 0 bridgehead atoms. The molecular formula is C16H23NO3. The van der Waals surface area contributed by atoms with Gasteiger partial charge < -0.3 is 10.4 Å². The number of carbonyl (C=O) groups is 2. The summed E-state index contributed by atoms with van der Waals surface area (Å²) in [5.41, 5.74) is 1.31. The normalized spacial score (nSPS) is 12.8. The molecule has 1 unspecified atom stereocenters. The molecule has 0 aliphatic heterocycles. The van der Waals surface area contributed by atoms with Crippen molar-refractivity contribution in [2.24, 2.45) is 11.3 Å². The van der Waals surface area contributed by atoms with Gasteiger partial charge in [0, 0.05) is 6.42 Å². The van der Waals surface area contributed by atoms with Crippen LogP contribution >= 0.6 is 0 Å². The lowest BCUT2D eigenvalue weighted by molar-refractivity contribution is -0.117. The minimum atomic E-state index is -1.03. The molecule has 110 valence electrons. The summed E-state index contributed by atoms with van der Waals surface area (Å²) in [5.74, 6) is -0.975. The van der Waals surface area contributed by atoms with Gasteiger partial charge in [-0.05, 0) is 29.9 Å². The zero-order valence-corrected chi connectivity index (χ0v) is 12.8. The van der Waals surface area contributed by atoms with Gasteiger partial charge in [0.1, 0.15) is 0 Å². The maximum absolute atomic E-state index is 12.1. The van der Waals surface area contributed by atoms with Crippen LogP contribution < -0.4 is 5.32 Å². The summed E-state index contributed by atoms with van der Waals surface area (Å²) in [5, 5.41) is 11.9. The van der Waals surface area contributed by atoms with Crippen LogP contribution in [0.4, 0.5) is 5.69 Å². The van der Waals surface area contributed by atoms with Crippen molar-refractivity contribution in [2.45, 2.75) is 41.0 Å². The molecule has 4 nitrogen and oxygen atoms in total. The van der Waals surface area contributed by atoms with Crippen molar-refractivity contribution in [2.75, 3.05) is 5.32 Å². The fourth-order valence-corrected chi connectivity index (χ4v) is 1.79. The highest BCUT2D eigenvalue weighted by atomic mass is 16.4. The molecule has 0 spiro atoms. The van der Waals surface area contributed by atoms with Crippen molar-refractivity contribution < 1.29 is 14.7 Å². The van der Waals surface area contributed by atoms with E-state index in [4.69, 9.17) is 5.11 Å². The van der Waals surface area contributed by atoms with Gasteiger partial charge in [0.2, 0.25) is 5.91 Å². The Hall–Kier alpha value is -1.84. The number of benzene rings is 1. The van der Waals surface area contributed by atoms with Crippen LogP contribution in [-0.2, 0) is 4.79 Å². The Kier molecular flexibility index (Phi) is 4.93. The average molecular weight is 277 g/mol. The van der Waals surface area contributed by atoms with E-state index in [1.54, 1.807) is 19.1 Å². The van der Waals surface area contributed by atoms with Gasteiger partial charge in [-0.25, -0.2) is 4.79 Å². The summed E-state index contributed by atoms with van der Waals surface area (Å²) in [6, 6.07) is 4.96. The first kappa shape index (κ1) is 16.2. The highest BCUT2D eigenvalue weighted by Gasteiger charge is 2.23. The number of hydrogen-bond acceptors (Lipinski definition) is 2. The summed E-state index contributed by atoms with van der Waals surface area (Å²) in [6.45, 7) is 10.1. The van der Waals surface area contributed by atoms with E-state index in [0.717, 1.165) is 5.56 Å². The molecule has 1 amide bonds. The maximum Gasteiger partial charge on any atom is 0.337 e. The van der Waals surface area contributed by atoms with E-state index in [1.807, 2.05) is 6.92 Å². The Morgan fingerprint density at radius 2 is 1.90 bits per heavy atom. The van der Waals surface area contributed by atoms with Crippen molar-refractivity contribution in [3.8, 4) is 0 Å². The van der Waals surface area contributed by atoms with Crippen LogP contribution in [0.3, 0.4) is 0 Å². The predicted octanol–water partition coefficient (Wildman–Crippen LogP) is 3.70. The smallest absolute Gasteiger partial charge is 0.337 e. The average Bonchev–Trinajstić information content (AvgIpc) is 2.30. The fourth-order valence-electron chi connectivity index (χ4n) is 1.79. The lowest BCUT2D eigenvalue weighted by Gasteiger charge is -2.26. The van der Waals surface area contributed by atoms with Crippen molar-refractivity contribution in [1.82, 2.24) is 0 Å². The third-order valence-electron chi connectivity index (χ3n) is 3.74. The third-order valence-corrected chi connectivity index (χ3v) is 3.74. The standard InChI is InChI=1S/C16H23NO3/c1-10-7-6-8-12(15(19)20)14(10)17-13(18)9-11(2)16(3,4)5/h6-8,11H,9H2,1-5H3,(H,17,18)(H,19,20). The Labute approximate surface area is 120 Å². The number of nitrogens with one attached hydrogen (secondary N) is 1. The zero-order valence-electron chi connectivity index (χ0n) is 12.8. The van der Waals surface area contributed by atoms with Crippen LogP contribution in [0.5, 0.6) is 0 Å². The molecule has 20 heavy (non-hydrogen) atoms. The molecule has 1 aromatic rings. The Bertz CT molecular complexity index is 515. The topological polar surface area (TPSA) is 66.4 Å². The van der Waals surface area contributed by atoms with E-state index in [-0.39, 0.29) is 22.8 Å². The lowest BCUT2D eigenvalue weighted by atomic mass is 9.80. The Morgan fingerprint density at radius 3 is 2.40 bits per heavy atom. The zero-order chi connectivity index (χ0) is 15.5. The fraction of sp³-hybridized carbons (Fsp3) is 0.500. The first-order valence-corrected chi connectivity index (χ1v) is 6.75. The van der Waals surface area contributed by atoms with Crippen molar-refractivity contribution in [1.29, 1.82) is 0 Å². The largest absolute Gasteiger partial charge is 0.478 e. The van der Waals surface area contributed by atoms with Gasteiger partial charge in [-0.15, -0.1) is 0 Å². The van der Waals surface area contributed by atoms with Crippen LogP contribution in [0.1, 0.15) is 50.0 Å². The highest BCUT2D eigenvalue weighted by Crippen LogP contribution is 2.29. The van der Waals surface area contributed by atoms with E-state index in [0.29, 0.717) is 12.1 Å². The van der Waals surface area contributed by atoms with E-state index < -0.39 is 5.97 Å². The second kappa shape index (κ2) is 6.07. The highest BCUT2D eigenvalue weighted by molar-refractivity contribution is 6.01. The molecule has 4 heteroatoms. The quantitative estimate of drug-likeness (QED) is 0.881. The minimum Gasteiger partial charge on any atom is -0.478 e. The summed E-state index contributed by atoms with van der Waals surface area (Å²) in [4.78, 5) is 23.3. The van der Waals surface area contributed by atoms with Crippen molar-refractivity contribution in [3.05, 3.63) is 29.3 Å². The first-order valence-electron chi connectivity index (χ1n) is 6.75. The second-order valence-electron chi connectivity index (χ2n) is 6.32.